The van der Waals surface area contributed by atoms with Gasteiger partial charge in [0, 0.05) is 6.07 Å². The first-order valence-electron chi connectivity index (χ1n) is 6.96. The molecule has 25 heavy (non-hydrogen) atoms. The van der Waals surface area contributed by atoms with Crippen LogP contribution >= 0.6 is 0 Å². The van der Waals surface area contributed by atoms with Crippen LogP contribution in [-0.4, -0.2) is 23.4 Å². The van der Waals surface area contributed by atoms with Crippen LogP contribution in [-0.2, 0) is 9.53 Å². The van der Waals surface area contributed by atoms with E-state index < -0.39 is 40.6 Å². The Morgan fingerprint density at radius 3 is 2.36 bits per heavy atom. The third-order valence-electron chi connectivity index (χ3n) is 3.21. The van der Waals surface area contributed by atoms with Crippen molar-refractivity contribution in [2.75, 3.05) is 11.9 Å². The lowest BCUT2D eigenvalue weighted by Gasteiger charge is -2.10. The van der Waals surface area contributed by atoms with Gasteiger partial charge in [-0.05, 0) is 24.6 Å². The Hall–Kier alpha value is -3.36. The van der Waals surface area contributed by atoms with Gasteiger partial charge in [-0.25, -0.2) is 13.6 Å². The van der Waals surface area contributed by atoms with Crippen molar-refractivity contribution in [3.05, 3.63) is 69.3 Å². The number of hydrogen-bond donors (Lipinski definition) is 1. The fourth-order valence-electron chi connectivity index (χ4n) is 2.04. The van der Waals surface area contributed by atoms with Gasteiger partial charge in [0.15, 0.2) is 6.61 Å². The molecule has 2 aromatic rings. The number of ether oxygens (including phenoxy) is 1. The van der Waals surface area contributed by atoms with Crippen LogP contribution in [0.2, 0.25) is 0 Å². The van der Waals surface area contributed by atoms with Crippen LogP contribution in [0.4, 0.5) is 20.2 Å². The van der Waals surface area contributed by atoms with E-state index >= 15 is 0 Å². The number of aryl methyl sites for hydroxylation is 1. The maximum Gasteiger partial charge on any atom is 0.344 e. The topological polar surface area (TPSA) is 98.5 Å². The fourth-order valence-corrected chi connectivity index (χ4v) is 2.04. The minimum Gasteiger partial charge on any atom is -0.452 e. The molecule has 0 saturated carbocycles. The minimum absolute atomic E-state index is 0.0504. The van der Waals surface area contributed by atoms with E-state index in [-0.39, 0.29) is 11.4 Å². The summed E-state index contributed by atoms with van der Waals surface area (Å²) in [5.74, 6) is -4.49. The number of nitrogens with zero attached hydrogens (tertiary/aromatic N) is 1. The number of esters is 1. The lowest BCUT2D eigenvalue weighted by Crippen LogP contribution is -2.22. The van der Waals surface area contributed by atoms with Gasteiger partial charge in [-0.15, -0.1) is 0 Å². The Bertz CT molecular complexity index is 834. The van der Waals surface area contributed by atoms with Gasteiger partial charge in [-0.1, -0.05) is 18.2 Å². The molecule has 0 aliphatic carbocycles. The zero-order chi connectivity index (χ0) is 18.6. The average molecular weight is 350 g/mol. The van der Waals surface area contributed by atoms with Gasteiger partial charge in [-0.2, -0.15) is 0 Å². The van der Waals surface area contributed by atoms with E-state index in [0.717, 1.165) is 18.2 Å². The van der Waals surface area contributed by atoms with Crippen LogP contribution in [0.25, 0.3) is 0 Å². The maximum atomic E-state index is 13.5. The van der Waals surface area contributed by atoms with Crippen molar-refractivity contribution < 1.29 is 28.0 Å². The maximum absolute atomic E-state index is 13.5. The zero-order valence-corrected chi connectivity index (χ0v) is 12.9. The van der Waals surface area contributed by atoms with Crippen molar-refractivity contribution in [1.29, 1.82) is 0 Å². The summed E-state index contributed by atoms with van der Waals surface area (Å²) in [6, 6.07) is 7.01. The van der Waals surface area contributed by atoms with Crippen molar-refractivity contribution in [3.63, 3.8) is 0 Å². The molecule has 0 spiro atoms. The van der Waals surface area contributed by atoms with Crippen LogP contribution < -0.4 is 5.32 Å². The number of halogens is 2. The van der Waals surface area contributed by atoms with Crippen molar-refractivity contribution in [2.24, 2.45) is 0 Å². The first-order valence-corrected chi connectivity index (χ1v) is 6.96. The van der Waals surface area contributed by atoms with Crippen LogP contribution in [0, 0.1) is 28.7 Å². The molecule has 0 unspecified atom stereocenters. The van der Waals surface area contributed by atoms with Gasteiger partial charge in [0.1, 0.15) is 22.9 Å². The highest BCUT2D eigenvalue weighted by Crippen LogP contribution is 2.27. The third kappa shape index (κ3) is 4.14. The predicted octanol–water partition coefficient (Wildman–Crippen LogP) is 2.98. The summed E-state index contributed by atoms with van der Waals surface area (Å²) in [5.41, 5.74) is -0.878. The Labute approximate surface area is 140 Å². The summed E-state index contributed by atoms with van der Waals surface area (Å²) in [7, 11) is 0. The number of hydrogen-bond acceptors (Lipinski definition) is 5. The highest BCUT2D eigenvalue weighted by molar-refractivity contribution is 5.97. The molecule has 1 amide bonds. The third-order valence-corrected chi connectivity index (χ3v) is 3.21. The van der Waals surface area contributed by atoms with Gasteiger partial charge in [0.2, 0.25) is 0 Å². The van der Waals surface area contributed by atoms with Gasteiger partial charge >= 0.3 is 5.97 Å². The molecule has 0 saturated heterocycles. The molecule has 0 fully saturated rings. The number of anilines is 1. The number of rotatable bonds is 5. The van der Waals surface area contributed by atoms with Gasteiger partial charge in [0.25, 0.3) is 11.6 Å². The summed E-state index contributed by atoms with van der Waals surface area (Å²) >= 11 is 0. The van der Waals surface area contributed by atoms with Crippen molar-refractivity contribution in [3.8, 4) is 0 Å². The smallest absolute Gasteiger partial charge is 0.344 e. The molecule has 2 aromatic carbocycles. The number of benzene rings is 2. The molecule has 0 aliphatic rings. The van der Waals surface area contributed by atoms with Crippen LogP contribution in [0.5, 0.6) is 0 Å². The van der Waals surface area contributed by atoms with E-state index in [1.54, 1.807) is 13.0 Å². The monoisotopic (exact) mass is 350 g/mol. The molecule has 0 atom stereocenters. The number of amides is 1. The first-order chi connectivity index (χ1) is 11.8. The zero-order valence-electron chi connectivity index (χ0n) is 12.9. The first kappa shape index (κ1) is 18.0. The van der Waals surface area contributed by atoms with E-state index in [0.29, 0.717) is 5.56 Å². The van der Waals surface area contributed by atoms with Gasteiger partial charge in [0.05, 0.1) is 4.92 Å². The molecule has 0 aliphatic heterocycles. The van der Waals surface area contributed by atoms with Crippen molar-refractivity contribution in [2.45, 2.75) is 6.92 Å². The van der Waals surface area contributed by atoms with E-state index in [9.17, 15) is 28.5 Å². The summed E-state index contributed by atoms with van der Waals surface area (Å²) < 4.78 is 31.5. The highest BCUT2D eigenvalue weighted by atomic mass is 19.1. The molecule has 0 heterocycles. The standard InChI is InChI=1S/C16H12F2N2O5/c1-9-4-2-7-12(20(23)24)15(9)19-13(21)8-25-16(22)14-10(17)5-3-6-11(14)18/h2-7H,8H2,1H3,(H,19,21). The largest absolute Gasteiger partial charge is 0.452 e. The number of nitro benzene ring substituents is 1. The van der Waals surface area contributed by atoms with Crippen molar-refractivity contribution >= 4 is 23.3 Å². The van der Waals surface area contributed by atoms with E-state index in [2.05, 4.69) is 10.1 Å². The molecular weight excluding hydrogens is 338 g/mol. The van der Waals surface area contributed by atoms with E-state index in [1.165, 1.54) is 12.1 Å². The molecule has 1 N–H and O–H groups in total. The SMILES string of the molecule is Cc1cccc([N+](=O)[O-])c1NC(=O)COC(=O)c1c(F)cccc1F. The normalized spacial score (nSPS) is 10.2. The lowest BCUT2D eigenvalue weighted by molar-refractivity contribution is -0.384. The van der Waals surface area contributed by atoms with Gasteiger partial charge < -0.3 is 10.1 Å². The Balaban J connectivity index is 2.07. The Kier molecular flexibility index (Phi) is 5.38. The second-order valence-corrected chi connectivity index (χ2v) is 4.95. The summed E-state index contributed by atoms with van der Waals surface area (Å²) in [6.45, 7) is 0.682. The molecule has 2 rings (SSSR count). The molecule has 0 radical (unpaired) electrons. The molecule has 7 nitrogen and oxygen atoms in total. The molecule has 130 valence electrons. The highest BCUT2D eigenvalue weighted by Gasteiger charge is 2.21. The summed E-state index contributed by atoms with van der Waals surface area (Å²) in [5, 5.41) is 13.2. The van der Waals surface area contributed by atoms with Crippen molar-refractivity contribution in [1.82, 2.24) is 0 Å². The molecular formula is C16H12F2N2O5. The van der Waals surface area contributed by atoms with Crippen LogP contribution in [0.15, 0.2) is 36.4 Å². The Morgan fingerprint density at radius 1 is 1.16 bits per heavy atom. The number of nitro groups is 1. The Morgan fingerprint density at radius 2 is 1.76 bits per heavy atom. The second kappa shape index (κ2) is 7.47. The number of carbonyl (C=O) groups is 2. The number of nitrogens with one attached hydrogen (secondary N) is 1. The number of para-hydroxylation sites is 1. The summed E-state index contributed by atoms with van der Waals surface area (Å²) in [4.78, 5) is 33.8. The van der Waals surface area contributed by atoms with E-state index in [4.69, 9.17) is 0 Å². The second-order valence-electron chi connectivity index (χ2n) is 4.95. The lowest BCUT2D eigenvalue weighted by atomic mass is 10.1. The number of carbonyl (C=O) groups excluding carboxylic acids is 2. The molecule has 0 aromatic heterocycles. The van der Waals surface area contributed by atoms with Crippen LogP contribution in [0.1, 0.15) is 15.9 Å². The molecule has 0 bridgehead atoms. The summed E-state index contributed by atoms with van der Waals surface area (Å²) in [6.07, 6.45) is 0. The predicted molar refractivity (Wildman–Crippen MR) is 83.1 cm³/mol. The minimum atomic E-state index is -1.36. The van der Waals surface area contributed by atoms with E-state index in [1.807, 2.05) is 0 Å². The molecule has 9 heteroatoms. The quantitative estimate of drug-likeness (QED) is 0.508. The fraction of sp³-hybridized carbons (Fsp3) is 0.125. The average Bonchev–Trinajstić information content (AvgIpc) is 2.54. The van der Waals surface area contributed by atoms with Crippen LogP contribution in [0.3, 0.4) is 0 Å². The van der Waals surface area contributed by atoms with Gasteiger partial charge in [-0.3, -0.25) is 14.9 Å².